The van der Waals surface area contributed by atoms with Gasteiger partial charge in [0.05, 0.1) is 30.9 Å². The van der Waals surface area contributed by atoms with Gasteiger partial charge in [0, 0.05) is 24.3 Å². The van der Waals surface area contributed by atoms with Crippen molar-refractivity contribution in [2.75, 3.05) is 19.8 Å². The second kappa shape index (κ2) is 27.4. The first kappa shape index (κ1) is 64.8. The number of hydrogen-bond acceptors (Lipinski definition) is 30. The molecule has 19 N–H and O–H groups in total. The molecule has 31 nitrogen and oxygen atoms in total. The van der Waals surface area contributed by atoms with E-state index in [4.69, 9.17) is 47.4 Å². The summed E-state index contributed by atoms with van der Waals surface area (Å²) in [4.78, 5) is 25.4. The van der Waals surface area contributed by atoms with Crippen molar-refractivity contribution in [3.8, 4) is 51.7 Å². The minimum absolute atomic E-state index is 0.0484. The van der Waals surface area contributed by atoms with Crippen molar-refractivity contribution in [2.24, 2.45) is 0 Å². The lowest BCUT2D eigenvalue weighted by Crippen LogP contribution is -2.61. The number of fused-ring (bicyclic) bond motifs is 1. The Morgan fingerprint density at radius 2 is 1.08 bits per heavy atom. The quantitative estimate of drug-likeness (QED) is 0.0202. The second-order valence-electron chi connectivity index (χ2n) is 21.0. The molecule has 31 heteroatoms. The van der Waals surface area contributed by atoms with Crippen LogP contribution in [-0.2, 0) is 47.5 Å². The first-order valence-corrected chi connectivity index (χ1v) is 27.0. The molecule has 5 aliphatic heterocycles. The molecule has 1 unspecified atom stereocenters. The number of benzene rings is 4. The maximum Gasteiger partial charge on any atom is 0.331 e. The summed E-state index contributed by atoms with van der Waals surface area (Å²) in [6.07, 6.45) is -30.3. The fourth-order valence-electron chi connectivity index (χ4n) is 9.86. The molecule has 0 aliphatic carbocycles. The molecule has 0 bridgehead atoms. The van der Waals surface area contributed by atoms with Crippen LogP contribution >= 0.6 is 0 Å². The predicted octanol–water partition coefficient (Wildman–Crippen LogP) is -3.19. The molecule has 0 amide bonds. The van der Waals surface area contributed by atoms with Crippen LogP contribution < -0.4 is 9.47 Å². The van der Waals surface area contributed by atoms with Gasteiger partial charge in [0.15, 0.2) is 46.9 Å². The van der Waals surface area contributed by atoms with Crippen LogP contribution in [0.2, 0.25) is 0 Å². The number of aliphatic hydroxyl groups is 13. The van der Waals surface area contributed by atoms with Gasteiger partial charge in [0.25, 0.3) is 11.9 Å². The zero-order chi connectivity index (χ0) is 63.6. The SMILES string of the molecule is C[C@@H]1O[C@@H](OC[C@H]2O[C@@H](OC3=Cc4c(O[C@@H]5O[C@@H](CO)[C@@H](O)[C@H](O)[C@H]5O)cc(O)cc4[OH+]C3c3cc(O)c(O)c(O)c3)[C@H](O)[C@@H](O)[C@@H]2O)[C@@H](O)[C@@H](O)[C@H]1OC(=O)/C=C/c1ccc(O[C@@H]2O[C@H](COC(=O)/C=C/c3ccc(O)c(O)c3)[C@@H](O)[C@H](O)[C@H]2O)cc1. The molecular weight excluding hydrogens is 1180 g/mol. The van der Waals surface area contributed by atoms with Crippen LogP contribution in [-0.4, -0.2) is 251 Å². The van der Waals surface area contributed by atoms with Crippen molar-refractivity contribution in [3.05, 3.63) is 107 Å². The lowest BCUT2D eigenvalue weighted by molar-refractivity contribution is -0.325. The standard InChI is InChI=1S/C57H64O31/c1-21-52(88-39(65)11-5-22-2-7-26(8-3-22)81-55-48(74)45(71)42(68)36(86-55)19-78-38(64)10-6-23-4-9-28(60)29(61)12-23)47(73)51(77)54(80-21)79-20-37-43(69)46(72)50(76)57(87-37)84-34-17-27-32(82-53(34)24-13-30(62)40(66)31(63)14-24)15-25(59)16-33(27)83-56-49(75)44(70)41(67)35(18-58)85-56/h2-17,21,35-37,41-63,66-77H,18-20H2,1H3/p+1/b10-6+,11-5+/t21-,35-,36+,37+,41+,42+,43+,44-,45-,46-,47+,48+,49+,50+,51-,52-,53?,54+,55+,56+,57+/m0/s1. The highest BCUT2D eigenvalue weighted by atomic mass is 16.7. The molecule has 0 saturated carbocycles. The third-order valence-corrected chi connectivity index (χ3v) is 14.8. The van der Waals surface area contributed by atoms with Crippen LogP contribution in [0.3, 0.4) is 0 Å². The molecule has 478 valence electrons. The zero-order valence-corrected chi connectivity index (χ0v) is 45.9. The highest BCUT2D eigenvalue weighted by molar-refractivity contribution is 5.88. The van der Waals surface area contributed by atoms with Gasteiger partial charge in [-0.25, -0.2) is 9.59 Å². The van der Waals surface area contributed by atoms with Crippen molar-refractivity contribution in [1.82, 2.24) is 0 Å². The molecule has 4 aromatic carbocycles. The smallest absolute Gasteiger partial charge is 0.331 e. The van der Waals surface area contributed by atoms with Gasteiger partial charge in [-0.1, -0.05) is 18.2 Å². The monoisotopic (exact) mass is 1250 g/mol. The number of carbonyl (C=O) groups is 2. The van der Waals surface area contributed by atoms with Crippen LogP contribution in [0.5, 0.6) is 51.7 Å². The van der Waals surface area contributed by atoms with Crippen molar-refractivity contribution in [1.29, 1.82) is 0 Å². The molecule has 4 aromatic rings. The molecule has 5 aliphatic rings. The number of rotatable bonds is 18. The Balaban J connectivity index is 0.803. The largest absolute Gasteiger partial charge is 0.571 e. The summed E-state index contributed by atoms with van der Waals surface area (Å²) in [6, 6.07) is 13.7. The molecule has 4 saturated heterocycles. The number of ether oxygens (including phenoxy) is 11. The maximum absolute atomic E-state index is 13.1. The third kappa shape index (κ3) is 14.3. The molecule has 0 aromatic heterocycles. The van der Waals surface area contributed by atoms with Gasteiger partial charge in [-0.15, -0.1) is 0 Å². The lowest BCUT2D eigenvalue weighted by atomic mass is 9.98. The van der Waals surface area contributed by atoms with Crippen molar-refractivity contribution in [3.63, 3.8) is 0 Å². The lowest BCUT2D eigenvalue weighted by Gasteiger charge is -2.43. The minimum Gasteiger partial charge on any atom is -0.571 e. The Morgan fingerprint density at radius 1 is 0.534 bits per heavy atom. The van der Waals surface area contributed by atoms with Gasteiger partial charge >= 0.3 is 11.9 Å². The number of aromatic hydroxyl groups is 7. The Hall–Kier alpha value is -7.64. The normalized spacial score (nSPS) is 34.1. The van der Waals surface area contributed by atoms with E-state index in [0.717, 1.165) is 36.4 Å². The second-order valence-corrected chi connectivity index (χ2v) is 21.0. The third-order valence-electron chi connectivity index (χ3n) is 14.8. The maximum atomic E-state index is 13.1. The fourth-order valence-corrected chi connectivity index (χ4v) is 9.86. The summed E-state index contributed by atoms with van der Waals surface area (Å²) in [5, 5.41) is 189. The summed E-state index contributed by atoms with van der Waals surface area (Å²) in [5.41, 5.74) is 0.622. The molecule has 21 atom stereocenters. The summed E-state index contributed by atoms with van der Waals surface area (Å²) in [6.45, 7) is -0.754. The van der Waals surface area contributed by atoms with Gasteiger partial charge in [-0.3, -0.25) is 0 Å². The summed E-state index contributed by atoms with van der Waals surface area (Å²) >= 11 is 0. The number of esters is 2. The number of phenols is 6. The van der Waals surface area contributed by atoms with Gasteiger partial charge < -0.3 is 144 Å². The molecule has 9 rings (SSSR count). The number of hydrogen-bond donors (Lipinski definition) is 18. The predicted molar refractivity (Wildman–Crippen MR) is 289 cm³/mol. The Kier molecular flexibility index (Phi) is 20.2. The van der Waals surface area contributed by atoms with Gasteiger partial charge in [-0.2, -0.15) is 0 Å². The van der Waals surface area contributed by atoms with E-state index in [1.165, 1.54) is 67.6 Å². The zero-order valence-electron chi connectivity index (χ0n) is 45.9. The topological polar surface area (TPSA) is 503 Å². The van der Waals surface area contributed by atoms with Crippen LogP contribution in [0.1, 0.15) is 35.3 Å². The van der Waals surface area contributed by atoms with Crippen LogP contribution in [0.25, 0.3) is 18.2 Å². The van der Waals surface area contributed by atoms with Crippen LogP contribution in [0.15, 0.2) is 84.6 Å². The molecule has 4 fully saturated rings. The highest BCUT2D eigenvalue weighted by Gasteiger charge is 2.51. The number of phenolic OH excluding ortho intramolecular Hbond substituents is 6. The van der Waals surface area contributed by atoms with E-state index >= 15 is 0 Å². The molecule has 88 heavy (non-hydrogen) atoms. The van der Waals surface area contributed by atoms with E-state index < -0.39 is 189 Å². The van der Waals surface area contributed by atoms with E-state index in [2.05, 4.69) is 4.74 Å². The summed E-state index contributed by atoms with van der Waals surface area (Å²) < 4.78 is 61.3. The minimum atomic E-state index is -2.06. The Labute approximate surface area is 496 Å². The highest BCUT2D eigenvalue weighted by Crippen LogP contribution is 2.49. The van der Waals surface area contributed by atoms with Gasteiger partial charge in [0.2, 0.25) is 18.9 Å². The first-order valence-electron chi connectivity index (χ1n) is 27.0. The Bertz CT molecular complexity index is 3170. The first-order chi connectivity index (χ1) is 41.8. The summed E-state index contributed by atoms with van der Waals surface area (Å²) in [5.74, 6) is -6.30. The van der Waals surface area contributed by atoms with E-state index in [9.17, 15) is 102 Å². The average molecular weight is 1250 g/mol. The summed E-state index contributed by atoms with van der Waals surface area (Å²) in [7, 11) is 0. The van der Waals surface area contributed by atoms with Gasteiger partial charge in [0.1, 0.15) is 115 Å². The van der Waals surface area contributed by atoms with Crippen LogP contribution in [0.4, 0.5) is 0 Å². The molecule has 0 spiro atoms. The van der Waals surface area contributed by atoms with Crippen molar-refractivity contribution >= 4 is 30.2 Å². The van der Waals surface area contributed by atoms with Crippen molar-refractivity contribution < 1.29 is 154 Å². The van der Waals surface area contributed by atoms with Gasteiger partial charge in [-0.05, 0) is 66.6 Å². The van der Waals surface area contributed by atoms with Crippen molar-refractivity contribution in [2.45, 2.75) is 136 Å². The van der Waals surface area contributed by atoms with E-state index in [1.807, 2.05) is 0 Å². The van der Waals surface area contributed by atoms with E-state index in [0.29, 0.717) is 11.1 Å². The molecule has 0 radical (unpaired) electrons. The van der Waals surface area contributed by atoms with E-state index in [1.54, 1.807) is 0 Å². The number of aliphatic hydroxyl groups excluding tert-OH is 12. The molecule has 5 heterocycles. The number of carbonyl (C=O) groups excluding carboxylic acids is 2. The van der Waals surface area contributed by atoms with Crippen LogP contribution in [0, 0.1) is 0 Å². The van der Waals surface area contributed by atoms with E-state index in [-0.39, 0.29) is 39.9 Å². The Morgan fingerprint density at radius 3 is 1.70 bits per heavy atom. The fraction of sp³-hybridized carbons (Fsp3) is 0.439. The molecular formula is C57H65O31+. The average Bonchev–Trinajstić information content (AvgIpc) is 1.11.